The second-order valence-corrected chi connectivity index (χ2v) is 8.08. The summed E-state index contributed by atoms with van der Waals surface area (Å²) in [6.07, 6.45) is 1.93. The van der Waals surface area contributed by atoms with Gasteiger partial charge >= 0.3 is 0 Å². The van der Waals surface area contributed by atoms with E-state index in [0.29, 0.717) is 10.0 Å². The first kappa shape index (κ1) is 17.6. The third kappa shape index (κ3) is 4.85. The van der Waals surface area contributed by atoms with Crippen LogP contribution in [0.15, 0.2) is 28.7 Å². The summed E-state index contributed by atoms with van der Waals surface area (Å²) >= 11 is 23.3. The van der Waals surface area contributed by atoms with E-state index in [9.17, 15) is 0 Å². The molecule has 0 amide bonds. The minimum absolute atomic E-state index is 0.219. The standard InChI is InChI=1S/C15H15BrCl3NS/c1-2-5-20-13(14-8-10(16)15(19)21-14)7-9-3-4-11(17)12(18)6-9/h3-4,6,8,13,20H,2,5,7H2,1H3. The van der Waals surface area contributed by atoms with Crippen LogP contribution >= 0.6 is 62.1 Å². The quantitative estimate of drug-likeness (QED) is 0.537. The first-order chi connectivity index (χ1) is 10.0. The van der Waals surface area contributed by atoms with Crippen molar-refractivity contribution in [2.24, 2.45) is 0 Å². The van der Waals surface area contributed by atoms with Crippen LogP contribution in [0, 0.1) is 0 Å². The Bertz CT molecular complexity index is 595. The van der Waals surface area contributed by atoms with E-state index in [-0.39, 0.29) is 6.04 Å². The molecule has 0 saturated heterocycles. The van der Waals surface area contributed by atoms with Gasteiger partial charge in [-0.3, -0.25) is 0 Å². The van der Waals surface area contributed by atoms with Crippen molar-refractivity contribution in [2.45, 2.75) is 25.8 Å². The molecule has 1 nitrogen and oxygen atoms in total. The van der Waals surface area contributed by atoms with Crippen LogP contribution in [-0.2, 0) is 6.42 Å². The Morgan fingerprint density at radius 2 is 1.95 bits per heavy atom. The molecule has 0 saturated carbocycles. The average Bonchev–Trinajstić information content (AvgIpc) is 2.78. The van der Waals surface area contributed by atoms with E-state index in [0.717, 1.165) is 33.8 Å². The number of hydrogen-bond donors (Lipinski definition) is 1. The molecule has 1 aromatic heterocycles. The van der Waals surface area contributed by atoms with E-state index in [2.05, 4.69) is 34.2 Å². The molecule has 2 aromatic rings. The minimum Gasteiger partial charge on any atom is -0.309 e. The van der Waals surface area contributed by atoms with Crippen LogP contribution in [0.2, 0.25) is 14.4 Å². The molecule has 1 unspecified atom stereocenters. The first-order valence-corrected chi connectivity index (χ1v) is 9.37. The highest BCUT2D eigenvalue weighted by Gasteiger charge is 2.16. The minimum atomic E-state index is 0.219. The summed E-state index contributed by atoms with van der Waals surface area (Å²) in [5, 5.41) is 4.74. The Morgan fingerprint density at radius 3 is 2.52 bits per heavy atom. The molecule has 6 heteroatoms. The number of rotatable bonds is 6. The van der Waals surface area contributed by atoms with Gasteiger partial charge in [0, 0.05) is 15.4 Å². The smallest absolute Gasteiger partial charge is 0.107 e. The molecule has 2 rings (SSSR count). The maximum Gasteiger partial charge on any atom is 0.107 e. The molecule has 114 valence electrons. The molecule has 0 radical (unpaired) electrons. The summed E-state index contributed by atoms with van der Waals surface area (Å²) < 4.78 is 1.73. The monoisotopic (exact) mass is 425 g/mol. The van der Waals surface area contributed by atoms with Crippen LogP contribution in [0.5, 0.6) is 0 Å². The van der Waals surface area contributed by atoms with Gasteiger partial charge in [0.25, 0.3) is 0 Å². The Morgan fingerprint density at radius 1 is 1.19 bits per heavy atom. The lowest BCUT2D eigenvalue weighted by atomic mass is 10.0. The van der Waals surface area contributed by atoms with E-state index in [1.165, 1.54) is 4.88 Å². The molecule has 1 N–H and O–H groups in total. The predicted octanol–water partition coefficient (Wildman–Crippen LogP) is 6.75. The number of nitrogens with one attached hydrogen (secondary N) is 1. The molecular weight excluding hydrogens is 413 g/mol. The SMILES string of the molecule is CCCNC(Cc1ccc(Cl)c(Cl)c1)c1cc(Br)c(Cl)s1. The molecule has 1 atom stereocenters. The van der Waals surface area contributed by atoms with Crippen molar-refractivity contribution in [1.29, 1.82) is 0 Å². The molecule has 0 spiro atoms. The van der Waals surface area contributed by atoms with Crippen LogP contribution in [0.25, 0.3) is 0 Å². The topological polar surface area (TPSA) is 12.0 Å². The lowest BCUT2D eigenvalue weighted by molar-refractivity contribution is 0.536. The fraction of sp³-hybridized carbons (Fsp3) is 0.333. The maximum absolute atomic E-state index is 6.16. The van der Waals surface area contributed by atoms with Gasteiger partial charge in [-0.25, -0.2) is 0 Å². The fourth-order valence-electron chi connectivity index (χ4n) is 2.03. The van der Waals surface area contributed by atoms with Gasteiger partial charge in [-0.1, -0.05) is 47.8 Å². The van der Waals surface area contributed by atoms with Gasteiger partial charge in [-0.05, 0) is 59.1 Å². The Hall–Kier alpha value is 0.230. The molecule has 0 aliphatic heterocycles. The first-order valence-electron chi connectivity index (χ1n) is 6.63. The fourth-order valence-corrected chi connectivity index (χ4v) is 4.16. The van der Waals surface area contributed by atoms with E-state index in [4.69, 9.17) is 34.8 Å². The van der Waals surface area contributed by atoms with Gasteiger partial charge in [0.1, 0.15) is 4.34 Å². The average molecular weight is 428 g/mol. The van der Waals surface area contributed by atoms with Crippen LogP contribution in [0.3, 0.4) is 0 Å². The van der Waals surface area contributed by atoms with Crippen molar-refractivity contribution >= 4 is 62.1 Å². The largest absolute Gasteiger partial charge is 0.309 e. The summed E-state index contributed by atoms with van der Waals surface area (Å²) in [6, 6.07) is 8.08. The Kier molecular flexibility index (Phi) is 6.85. The Balaban J connectivity index is 2.21. The summed E-state index contributed by atoms with van der Waals surface area (Å²) in [5.74, 6) is 0. The highest BCUT2D eigenvalue weighted by molar-refractivity contribution is 9.10. The molecule has 0 fully saturated rings. The number of halogens is 4. The highest BCUT2D eigenvalue weighted by atomic mass is 79.9. The summed E-state index contributed by atoms with van der Waals surface area (Å²) in [7, 11) is 0. The van der Waals surface area contributed by atoms with E-state index >= 15 is 0 Å². The van der Waals surface area contributed by atoms with Gasteiger partial charge in [-0.2, -0.15) is 0 Å². The molecule has 0 aliphatic carbocycles. The van der Waals surface area contributed by atoms with Crippen molar-refractivity contribution in [3.8, 4) is 0 Å². The lowest BCUT2D eigenvalue weighted by Gasteiger charge is -2.17. The lowest BCUT2D eigenvalue weighted by Crippen LogP contribution is -2.23. The Labute approximate surface area is 152 Å². The zero-order chi connectivity index (χ0) is 15.4. The maximum atomic E-state index is 6.16. The predicted molar refractivity (Wildman–Crippen MR) is 98.2 cm³/mol. The second kappa shape index (κ2) is 8.19. The van der Waals surface area contributed by atoms with Gasteiger partial charge in [0.15, 0.2) is 0 Å². The van der Waals surface area contributed by atoms with Crippen LogP contribution in [-0.4, -0.2) is 6.54 Å². The molecule has 21 heavy (non-hydrogen) atoms. The van der Waals surface area contributed by atoms with Crippen molar-refractivity contribution in [3.05, 3.63) is 53.6 Å². The molecule has 1 heterocycles. The number of thiophene rings is 1. The normalized spacial score (nSPS) is 12.6. The van der Waals surface area contributed by atoms with Crippen LogP contribution < -0.4 is 5.32 Å². The third-order valence-electron chi connectivity index (χ3n) is 3.07. The summed E-state index contributed by atoms with van der Waals surface area (Å²) in [4.78, 5) is 1.21. The summed E-state index contributed by atoms with van der Waals surface area (Å²) in [5.41, 5.74) is 1.15. The summed E-state index contributed by atoms with van der Waals surface area (Å²) in [6.45, 7) is 3.11. The van der Waals surface area contributed by atoms with Crippen LogP contribution in [0.4, 0.5) is 0 Å². The van der Waals surface area contributed by atoms with Crippen molar-refractivity contribution in [1.82, 2.24) is 5.32 Å². The van der Waals surface area contributed by atoms with E-state index < -0.39 is 0 Å². The third-order valence-corrected chi connectivity index (χ3v) is 6.40. The highest BCUT2D eigenvalue weighted by Crippen LogP contribution is 2.36. The van der Waals surface area contributed by atoms with Gasteiger partial charge in [0.2, 0.25) is 0 Å². The zero-order valence-electron chi connectivity index (χ0n) is 11.4. The van der Waals surface area contributed by atoms with Gasteiger partial charge in [-0.15, -0.1) is 11.3 Å². The second-order valence-electron chi connectivity index (χ2n) is 4.73. The van der Waals surface area contributed by atoms with Gasteiger partial charge in [0.05, 0.1) is 10.0 Å². The van der Waals surface area contributed by atoms with Crippen molar-refractivity contribution < 1.29 is 0 Å². The van der Waals surface area contributed by atoms with Crippen molar-refractivity contribution in [2.75, 3.05) is 6.54 Å². The molecule has 0 aliphatic rings. The van der Waals surface area contributed by atoms with Gasteiger partial charge < -0.3 is 5.32 Å². The van der Waals surface area contributed by atoms with E-state index in [1.807, 2.05) is 18.2 Å². The molecule has 0 bridgehead atoms. The van der Waals surface area contributed by atoms with Crippen LogP contribution in [0.1, 0.15) is 29.8 Å². The zero-order valence-corrected chi connectivity index (χ0v) is 16.1. The number of hydrogen-bond acceptors (Lipinski definition) is 2. The van der Waals surface area contributed by atoms with E-state index in [1.54, 1.807) is 11.3 Å². The molecule has 1 aromatic carbocycles. The van der Waals surface area contributed by atoms with Crippen molar-refractivity contribution in [3.63, 3.8) is 0 Å². The molecular formula is C15H15BrCl3NS. The number of benzene rings is 1.